The van der Waals surface area contributed by atoms with E-state index in [-0.39, 0.29) is 24.7 Å². The largest absolute Gasteiger partial charge is 0.486 e. The molecule has 0 bridgehead atoms. The third-order valence-electron chi connectivity index (χ3n) is 2.88. The molecule has 0 aliphatic carbocycles. The molecule has 1 aromatic rings. The van der Waals surface area contributed by atoms with Gasteiger partial charge >= 0.3 is 5.97 Å². The van der Waals surface area contributed by atoms with Crippen LogP contribution in [-0.4, -0.2) is 29.9 Å². The number of hydrogen-bond acceptors (Lipinski definition) is 6. The zero-order valence-corrected chi connectivity index (χ0v) is 12.1. The SMILES string of the molecule is CCOC(=O)C(C)(C)C(=O)COc1cccc([N+](=O)[O-])c1. The third kappa shape index (κ3) is 4.27. The molecule has 0 aromatic heterocycles. The molecule has 0 atom stereocenters. The van der Waals surface area contributed by atoms with Crippen LogP contribution < -0.4 is 4.74 Å². The van der Waals surface area contributed by atoms with Crippen LogP contribution in [0.15, 0.2) is 24.3 Å². The Morgan fingerprint density at radius 3 is 2.57 bits per heavy atom. The quantitative estimate of drug-likeness (QED) is 0.331. The number of esters is 1. The van der Waals surface area contributed by atoms with E-state index in [2.05, 4.69) is 0 Å². The van der Waals surface area contributed by atoms with Gasteiger partial charge in [0.1, 0.15) is 17.8 Å². The minimum Gasteiger partial charge on any atom is -0.486 e. The molecule has 0 unspecified atom stereocenters. The first-order valence-electron chi connectivity index (χ1n) is 6.36. The molecule has 0 heterocycles. The van der Waals surface area contributed by atoms with Crippen LogP contribution in [0.25, 0.3) is 0 Å². The van der Waals surface area contributed by atoms with Crippen LogP contribution in [-0.2, 0) is 14.3 Å². The van der Waals surface area contributed by atoms with Crippen LogP contribution in [0.5, 0.6) is 5.75 Å². The Labute approximate surface area is 122 Å². The monoisotopic (exact) mass is 295 g/mol. The lowest BCUT2D eigenvalue weighted by atomic mass is 9.88. The number of rotatable bonds is 7. The summed E-state index contributed by atoms with van der Waals surface area (Å²) in [5.41, 5.74) is -1.46. The first-order valence-corrected chi connectivity index (χ1v) is 6.36. The van der Waals surface area contributed by atoms with E-state index in [1.807, 2.05) is 0 Å². The van der Waals surface area contributed by atoms with E-state index in [1.165, 1.54) is 38.1 Å². The molecule has 7 heteroatoms. The summed E-state index contributed by atoms with van der Waals surface area (Å²) in [4.78, 5) is 33.8. The Hall–Kier alpha value is -2.44. The number of nitro benzene ring substituents is 1. The van der Waals surface area contributed by atoms with E-state index in [4.69, 9.17) is 9.47 Å². The normalized spacial score (nSPS) is 10.8. The second-order valence-electron chi connectivity index (χ2n) is 4.81. The number of ketones is 1. The molecule has 0 saturated heterocycles. The zero-order chi connectivity index (χ0) is 16.0. The van der Waals surface area contributed by atoms with Gasteiger partial charge in [0.15, 0.2) is 5.78 Å². The van der Waals surface area contributed by atoms with Crippen LogP contribution in [0.1, 0.15) is 20.8 Å². The molecule has 0 aliphatic rings. The molecule has 0 saturated carbocycles. The Bertz CT molecular complexity index is 552. The Morgan fingerprint density at radius 1 is 1.33 bits per heavy atom. The van der Waals surface area contributed by atoms with E-state index >= 15 is 0 Å². The van der Waals surface area contributed by atoms with Crippen molar-refractivity contribution in [1.29, 1.82) is 0 Å². The molecule has 1 aromatic carbocycles. The molecule has 114 valence electrons. The second-order valence-corrected chi connectivity index (χ2v) is 4.81. The molecule has 0 spiro atoms. The lowest BCUT2D eigenvalue weighted by Gasteiger charge is -2.20. The van der Waals surface area contributed by atoms with Crippen LogP contribution in [0.3, 0.4) is 0 Å². The maximum absolute atomic E-state index is 12.0. The number of carbonyl (C=O) groups excluding carboxylic acids is 2. The highest BCUT2D eigenvalue weighted by molar-refractivity contribution is 6.03. The fourth-order valence-electron chi connectivity index (χ4n) is 1.44. The van der Waals surface area contributed by atoms with Crippen molar-refractivity contribution < 1.29 is 24.0 Å². The highest BCUT2D eigenvalue weighted by Crippen LogP contribution is 2.22. The van der Waals surface area contributed by atoms with Gasteiger partial charge in [-0.25, -0.2) is 0 Å². The van der Waals surface area contributed by atoms with Gasteiger partial charge in [-0.05, 0) is 26.8 Å². The van der Waals surface area contributed by atoms with Gasteiger partial charge in [-0.3, -0.25) is 19.7 Å². The lowest BCUT2D eigenvalue weighted by Crippen LogP contribution is -2.38. The molecule has 21 heavy (non-hydrogen) atoms. The van der Waals surface area contributed by atoms with E-state index in [9.17, 15) is 19.7 Å². The number of hydrogen-bond donors (Lipinski definition) is 0. The zero-order valence-electron chi connectivity index (χ0n) is 12.1. The summed E-state index contributed by atoms with van der Waals surface area (Å²) < 4.78 is 10.0. The van der Waals surface area contributed by atoms with Gasteiger partial charge in [-0.15, -0.1) is 0 Å². The van der Waals surface area contributed by atoms with Gasteiger partial charge < -0.3 is 9.47 Å². The molecular formula is C14H17NO6. The molecule has 0 amide bonds. The molecule has 0 radical (unpaired) electrons. The maximum Gasteiger partial charge on any atom is 0.319 e. The van der Waals surface area contributed by atoms with E-state index in [0.29, 0.717) is 0 Å². The van der Waals surface area contributed by atoms with Gasteiger partial charge in [-0.2, -0.15) is 0 Å². The topological polar surface area (TPSA) is 95.7 Å². The number of nitro groups is 1. The maximum atomic E-state index is 12.0. The van der Waals surface area contributed by atoms with E-state index in [1.54, 1.807) is 6.92 Å². The third-order valence-corrected chi connectivity index (χ3v) is 2.88. The van der Waals surface area contributed by atoms with Crippen LogP contribution in [0.2, 0.25) is 0 Å². The number of ether oxygens (including phenoxy) is 2. The first-order chi connectivity index (χ1) is 9.78. The van der Waals surface area contributed by atoms with Gasteiger partial charge in [0.05, 0.1) is 17.6 Å². The van der Waals surface area contributed by atoms with Gasteiger partial charge in [0.25, 0.3) is 5.69 Å². The van der Waals surface area contributed by atoms with Crippen LogP contribution in [0.4, 0.5) is 5.69 Å². The molecule has 1 rings (SSSR count). The number of Topliss-reactive ketones (excluding diaryl/α,β-unsaturated/α-hetero) is 1. The second kappa shape index (κ2) is 6.83. The molecule has 0 aliphatic heterocycles. The van der Waals surface area contributed by atoms with Crippen molar-refractivity contribution in [2.75, 3.05) is 13.2 Å². The van der Waals surface area contributed by atoms with Crippen molar-refractivity contribution in [2.24, 2.45) is 5.41 Å². The summed E-state index contributed by atoms with van der Waals surface area (Å²) in [5.74, 6) is -0.901. The van der Waals surface area contributed by atoms with Crippen molar-refractivity contribution in [2.45, 2.75) is 20.8 Å². The summed E-state index contributed by atoms with van der Waals surface area (Å²) in [5, 5.41) is 10.6. The van der Waals surface area contributed by atoms with Crippen molar-refractivity contribution in [3.8, 4) is 5.75 Å². The van der Waals surface area contributed by atoms with Crippen molar-refractivity contribution in [1.82, 2.24) is 0 Å². The summed E-state index contributed by atoms with van der Waals surface area (Å²) >= 11 is 0. The molecule has 0 N–H and O–H groups in total. The van der Waals surface area contributed by atoms with Crippen molar-refractivity contribution in [3.63, 3.8) is 0 Å². The number of carbonyl (C=O) groups is 2. The molecule has 7 nitrogen and oxygen atoms in total. The standard InChI is InChI=1S/C14H17NO6/c1-4-20-13(17)14(2,3)12(16)9-21-11-7-5-6-10(8-11)15(18)19/h5-8H,4,9H2,1-3H3. The first kappa shape index (κ1) is 16.6. The fraction of sp³-hybridized carbons (Fsp3) is 0.429. The summed E-state index contributed by atoms with van der Waals surface area (Å²) in [7, 11) is 0. The summed E-state index contributed by atoms with van der Waals surface area (Å²) in [6.07, 6.45) is 0. The van der Waals surface area contributed by atoms with Crippen LogP contribution in [0, 0.1) is 15.5 Å². The van der Waals surface area contributed by atoms with Crippen molar-refractivity contribution in [3.05, 3.63) is 34.4 Å². The fourth-order valence-corrected chi connectivity index (χ4v) is 1.44. The minimum absolute atomic E-state index is 0.135. The molecule has 0 fully saturated rings. The van der Waals surface area contributed by atoms with Crippen molar-refractivity contribution >= 4 is 17.4 Å². The number of non-ortho nitro benzene ring substituents is 1. The Kier molecular flexibility index (Phi) is 5.40. The highest BCUT2D eigenvalue weighted by Gasteiger charge is 2.37. The summed E-state index contributed by atoms with van der Waals surface area (Å²) in [6, 6.07) is 5.48. The smallest absolute Gasteiger partial charge is 0.319 e. The number of nitrogens with zero attached hydrogens (tertiary/aromatic N) is 1. The average molecular weight is 295 g/mol. The number of benzene rings is 1. The Morgan fingerprint density at radius 2 is 2.00 bits per heavy atom. The predicted octanol–water partition coefficient (Wildman–Crippen LogP) is 2.13. The van der Waals surface area contributed by atoms with Crippen LogP contribution >= 0.6 is 0 Å². The predicted molar refractivity (Wildman–Crippen MR) is 74.0 cm³/mol. The highest BCUT2D eigenvalue weighted by atomic mass is 16.6. The van der Waals surface area contributed by atoms with Gasteiger partial charge in [0, 0.05) is 6.07 Å². The van der Waals surface area contributed by atoms with Gasteiger partial charge in [-0.1, -0.05) is 6.07 Å². The average Bonchev–Trinajstić information content (AvgIpc) is 2.45. The molecular weight excluding hydrogens is 278 g/mol. The lowest BCUT2D eigenvalue weighted by molar-refractivity contribution is -0.384. The Balaban J connectivity index is 2.70. The van der Waals surface area contributed by atoms with E-state index < -0.39 is 22.1 Å². The van der Waals surface area contributed by atoms with Gasteiger partial charge in [0.2, 0.25) is 0 Å². The summed E-state index contributed by atoms with van der Waals surface area (Å²) in [6.45, 7) is 4.36. The van der Waals surface area contributed by atoms with E-state index in [0.717, 1.165) is 0 Å². The minimum atomic E-state index is -1.32.